The number of allylic oxidation sites excluding steroid dienone is 1. The first-order valence-electron chi connectivity index (χ1n) is 5.07. The molecule has 0 aliphatic heterocycles. The van der Waals surface area contributed by atoms with Crippen LogP contribution < -0.4 is 0 Å². The fourth-order valence-corrected chi connectivity index (χ4v) is 2.21. The fraction of sp³-hybridized carbons (Fsp3) is 0.636. The van der Waals surface area contributed by atoms with Crippen LogP contribution in [0.4, 0.5) is 0 Å². The van der Waals surface area contributed by atoms with Crippen molar-refractivity contribution in [2.45, 2.75) is 32.1 Å². The van der Waals surface area contributed by atoms with Gasteiger partial charge < -0.3 is 9.94 Å². The summed E-state index contributed by atoms with van der Waals surface area (Å²) in [6, 6.07) is 0. The van der Waals surface area contributed by atoms with Gasteiger partial charge in [-0.2, -0.15) is 0 Å². The van der Waals surface area contributed by atoms with E-state index >= 15 is 0 Å². The number of hydrogen-bond acceptors (Lipinski definition) is 4. The number of nitrogens with zero attached hydrogens (tertiary/aromatic N) is 1. The highest BCUT2D eigenvalue weighted by atomic mass is 16.5. The number of carbonyl (C=O) groups excluding carboxylic acids is 1. The van der Waals surface area contributed by atoms with Crippen molar-refractivity contribution in [2.24, 2.45) is 10.6 Å². The minimum Gasteiger partial charge on any atom is -0.469 e. The van der Waals surface area contributed by atoms with Crippen molar-refractivity contribution in [2.75, 3.05) is 7.11 Å². The lowest BCUT2D eigenvalue weighted by Gasteiger charge is -2.33. The summed E-state index contributed by atoms with van der Waals surface area (Å²) in [5.41, 5.74) is 0.115. The molecular weight excluding hydrogens is 194 g/mol. The van der Waals surface area contributed by atoms with Gasteiger partial charge in [-0.15, -0.1) is 6.58 Å². The van der Waals surface area contributed by atoms with E-state index in [4.69, 9.17) is 9.94 Å². The molecule has 1 saturated carbocycles. The molecule has 1 rings (SSSR count). The van der Waals surface area contributed by atoms with Crippen LogP contribution in [0.1, 0.15) is 32.1 Å². The molecule has 1 atom stereocenters. The molecule has 15 heavy (non-hydrogen) atoms. The Balaban J connectivity index is 2.89. The van der Waals surface area contributed by atoms with E-state index in [1.165, 1.54) is 7.11 Å². The summed E-state index contributed by atoms with van der Waals surface area (Å²) < 4.78 is 4.82. The minimum atomic E-state index is -0.559. The van der Waals surface area contributed by atoms with Gasteiger partial charge in [-0.3, -0.25) is 4.79 Å². The molecule has 1 aliphatic rings. The van der Waals surface area contributed by atoms with Crippen LogP contribution in [0.5, 0.6) is 0 Å². The van der Waals surface area contributed by atoms with Crippen molar-refractivity contribution in [1.29, 1.82) is 0 Å². The second-order valence-corrected chi connectivity index (χ2v) is 3.96. The Morgan fingerprint density at radius 2 is 2.53 bits per heavy atom. The maximum atomic E-state index is 11.7. The highest BCUT2D eigenvalue weighted by Crippen LogP contribution is 2.39. The number of oxime groups is 1. The van der Waals surface area contributed by atoms with E-state index in [9.17, 15) is 4.79 Å². The molecule has 0 aromatic heterocycles. The van der Waals surface area contributed by atoms with Gasteiger partial charge >= 0.3 is 5.97 Å². The van der Waals surface area contributed by atoms with Gasteiger partial charge in [0, 0.05) is 6.42 Å². The second-order valence-electron chi connectivity index (χ2n) is 3.96. The van der Waals surface area contributed by atoms with Gasteiger partial charge in [-0.1, -0.05) is 11.2 Å². The van der Waals surface area contributed by atoms with Gasteiger partial charge in [0.25, 0.3) is 0 Å². The number of esters is 1. The summed E-state index contributed by atoms with van der Waals surface area (Å²) in [7, 11) is 1.39. The topological polar surface area (TPSA) is 58.9 Å². The van der Waals surface area contributed by atoms with Crippen molar-refractivity contribution in [3.05, 3.63) is 12.7 Å². The minimum absolute atomic E-state index is 0.233. The third-order valence-corrected chi connectivity index (χ3v) is 2.96. The predicted molar refractivity (Wildman–Crippen MR) is 57.0 cm³/mol. The van der Waals surface area contributed by atoms with E-state index in [1.54, 1.807) is 6.08 Å². The van der Waals surface area contributed by atoms with E-state index in [-0.39, 0.29) is 5.97 Å². The summed E-state index contributed by atoms with van der Waals surface area (Å²) in [5.74, 6) is -0.233. The number of ether oxygens (including phenoxy) is 1. The van der Waals surface area contributed by atoms with E-state index in [0.29, 0.717) is 18.6 Å². The molecule has 1 N–H and O–H groups in total. The standard InChI is InChI=1S/C11H17NO3/c1-3-6-11(10(13)15-2)7-4-5-9(8-11)12-14/h3,14H,1,4-8H2,2H3/b12-9-/t11-/m0/s1. The van der Waals surface area contributed by atoms with E-state index in [0.717, 1.165) is 19.3 Å². The lowest BCUT2D eigenvalue weighted by atomic mass is 9.71. The summed E-state index contributed by atoms with van der Waals surface area (Å²) in [6.45, 7) is 3.66. The molecule has 0 heterocycles. The lowest BCUT2D eigenvalue weighted by molar-refractivity contribution is -0.153. The van der Waals surface area contributed by atoms with Gasteiger partial charge in [0.1, 0.15) is 0 Å². The van der Waals surface area contributed by atoms with Crippen LogP contribution in [0, 0.1) is 5.41 Å². The third kappa shape index (κ3) is 2.37. The zero-order chi connectivity index (χ0) is 11.3. The Morgan fingerprint density at radius 3 is 3.07 bits per heavy atom. The summed E-state index contributed by atoms with van der Waals surface area (Å²) in [6.07, 6.45) is 5.14. The summed E-state index contributed by atoms with van der Waals surface area (Å²) in [4.78, 5) is 11.7. The van der Waals surface area contributed by atoms with E-state index in [2.05, 4.69) is 11.7 Å². The lowest BCUT2D eigenvalue weighted by Crippen LogP contribution is -2.37. The van der Waals surface area contributed by atoms with Crippen molar-refractivity contribution in [1.82, 2.24) is 0 Å². The van der Waals surface area contributed by atoms with Crippen LogP contribution in [0.2, 0.25) is 0 Å². The van der Waals surface area contributed by atoms with Crippen molar-refractivity contribution >= 4 is 11.7 Å². The molecule has 84 valence electrons. The van der Waals surface area contributed by atoms with Gasteiger partial charge in [-0.05, 0) is 25.7 Å². The average Bonchev–Trinajstić information content (AvgIpc) is 2.28. The SMILES string of the molecule is C=CC[C@]1(C(=O)OC)CCC/C(=N/O)C1. The third-order valence-electron chi connectivity index (χ3n) is 2.96. The Hall–Kier alpha value is -1.32. The summed E-state index contributed by atoms with van der Waals surface area (Å²) in [5, 5.41) is 12.0. The Morgan fingerprint density at radius 1 is 1.80 bits per heavy atom. The molecular formula is C11H17NO3. The molecule has 0 bridgehead atoms. The molecule has 4 heteroatoms. The maximum Gasteiger partial charge on any atom is 0.312 e. The first-order valence-corrected chi connectivity index (χ1v) is 5.07. The monoisotopic (exact) mass is 211 g/mol. The average molecular weight is 211 g/mol. The zero-order valence-electron chi connectivity index (χ0n) is 9.03. The number of hydrogen-bond donors (Lipinski definition) is 1. The smallest absolute Gasteiger partial charge is 0.312 e. The summed E-state index contributed by atoms with van der Waals surface area (Å²) >= 11 is 0. The Bertz CT molecular complexity index is 286. The van der Waals surface area contributed by atoms with Gasteiger partial charge in [0.15, 0.2) is 0 Å². The Kier molecular flexibility index (Phi) is 3.88. The first-order chi connectivity index (χ1) is 7.18. The van der Waals surface area contributed by atoms with Crippen LogP contribution in [-0.2, 0) is 9.53 Å². The molecule has 0 saturated heterocycles. The van der Waals surface area contributed by atoms with Crippen LogP contribution in [0.3, 0.4) is 0 Å². The largest absolute Gasteiger partial charge is 0.469 e. The molecule has 1 fully saturated rings. The number of rotatable bonds is 3. The van der Waals surface area contributed by atoms with Gasteiger partial charge in [0.05, 0.1) is 18.2 Å². The number of carbonyl (C=O) groups is 1. The number of methoxy groups -OCH3 is 1. The molecule has 0 unspecified atom stereocenters. The van der Waals surface area contributed by atoms with Crippen molar-refractivity contribution < 1.29 is 14.7 Å². The molecule has 0 aromatic rings. The molecule has 0 spiro atoms. The van der Waals surface area contributed by atoms with Crippen LogP contribution in [0.15, 0.2) is 17.8 Å². The first kappa shape index (κ1) is 11.8. The van der Waals surface area contributed by atoms with Crippen LogP contribution in [-0.4, -0.2) is 24.0 Å². The predicted octanol–water partition coefficient (Wildman–Crippen LogP) is 2.13. The molecule has 4 nitrogen and oxygen atoms in total. The highest BCUT2D eigenvalue weighted by molar-refractivity contribution is 5.91. The molecule has 1 aliphatic carbocycles. The van der Waals surface area contributed by atoms with E-state index < -0.39 is 5.41 Å². The van der Waals surface area contributed by atoms with E-state index in [1.807, 2.05) is 0 Å². The maximum absolute atomic E-state index is 11.7. The highest BCUT2D eigenvalue weighted by Gasteiger charge is 2.41. The Labute approximate surface area is 89.6 Å². The van der Waals surface area contributed by atoms with Crippen molar-refractivity contribution in [3.8, 4) is 0 Å². The molecule has 0 aromatic carbocycles. The molecule has 0 amide bonds. The van der Waals surface area contributed by atoms with Crippen LogP contribution >= 0.6 is 0 Å². The fourth-order valence-electron chi connectivity index (χ4n) is 2.21. The van der Waals surface area contributed by atoms with Gasteiger partial charge in [-0.25, -0.2) is 0 Å². The van der Waals surface area contributed by atoms with Crippen molar-refractivity contribution in [3.63, 3.8) is 0 Å². The molecule has 0 radical (unpaired) electrons. The van der Waals surface area contributed by atoms with Gasteiger partial charge in [0.2, 0.25) is 0 Å². The quantitative estimate of drug-likeness (QED) is 0.336. The normalized spacial score (nSPS) is 28.7. The van der Waals surface area contributed by atoms with Crippen LogP contribution in [0.25, 0.3) is 0 Å². The zero-order valence-corrected chi connectivity index (χ0v) is 9.03. The second kappa shape index (κ2) is 4.96.